The summed E-state index contributed by atoms with van der Waals surface area (Å²) in [4.78, 5) is 13.0. The molecular formula is C17H19NO3S. The molecule has 2 aromatic carbocycles. The molecule has 1 atom stereocenters. The second-order valence-corrected chi connectivity index (χ2v) is 6.53. The normalized spacial score (nSPS) is 11.7. The summed E-state index contributed by atoms with van der Waals surface area (Å²) in [5, 5.41) is 0. The average Bonchev–Trinajstić information content (AvgIpc) is 2.50. The van der Waals surface area contributed by atoms with E-state index in [1.54, 1.807) is 14.1 Å². The molecule has 0 saturated carbocycles. The van der Waals surface area contributed by atoms with E-state index < -0.39 is 10.8 Å². The van der Waals surface area contributed by atoms with Gasteiger partial charge in [-0.1, -0.05) is 30.3 Å². The third-order valence-electron chi connectivity index (χ3n) is 3.01. The molecule has 0 radical (unpaired) electrons. The van der Waals surface area contributed by atoms with Crippen molar-refractivity contribution in [1.29, 1.82) is 0 Å². The minimum atomic E-state index is -1.20. The van der Waals surface area contributed by atoms with Crippen LogP contribution in [0.25, 0.3) is 0 Å². The van der Waals surface area contributed by atoms with E-state index in [2.05, 4.69) is 0 Å². The fraction of sp³-hybridized carbons (Fsp3) is 0.235. The summed E-state index contributed by atoms with van der Waals surface area (Å²) < 4.78 is 17.6. The van der Waals surface area contributed by atoms with Crippen molar-refractivity contribution < 1.29 is 13.7 Å². The second kappa shape index (κ2) is 7.75. The van der Waals surface area contributed by atoms with Crippen LogP contribution in [0.1, 0.15) is 5.56 Å². The summed E-state index contributed by atoms with van der Waals surface area (Å²) in [7, 11) is 2.13. The lowest BCUT2D eigenvalue weighted by molar-refractivity contribution is -0.125. The summed E-state index contributed by atoms with van der Waals surface area (Å²) in [6.45, 7) is 0. The molecule has 2 aromatic rings. The van der Waals surface area contributed by atoms with E-state index in [1.807, 2.05) is 54.6 Å². The fourth-order valence-corrected chi connectivity index (χ4v) is 2.98. The molecule has 0 N–H and O–H groups in total. The van der Waals surface area contributed by atoms with Gasteiger partial charge in [0.25, 0.3) is 0 Å². The van der Waals surface area contributed by atoms with Crippen LogP contribution in [0.5, 0.6) is 11.5 Å². The molecule has 5 heteroatoms. The van der Waals surface area contributed by atoms with Crippen molar-refractivity contribution in [1.82, 2.24) is 4.90 Å². The highest BCUT2D eigenvalue weighted by atomic mass is 32.2. The van der Waals surface area contributed by atoms with Gasteiger partial charge in [0.2, 0.25) is 5.91 Å². The lowest BCUT2D eigenvalue weighted by Crippen LogP contribution is -2.27. The quantitative estimate of drug-likeness (QED) is 0.823. The Balaban J connectivity index is 1.92. The summed E-state index contributed by atoms with van der Waals surface area (Å²) in [6, 6.07) is 16.9. The molecule has 0 heterocycles. The summed E-state index contributed by atoms with van der Waals surface area (Å²) in [5.74, 6) is 1.79. The Bertz CT molecular complexity index is 639. The van der Waals surface area contributed by atoms with Crippen LogP contribution in [0.4, 0.5) is 0 Å². The number of hydrogen-bond acceptors (Lipinski definition) is 3. The second-order valence-electron chi connectivity index (χ2n) is 5.08. The van der Waals surface area contributed by atoms with E-state index in [1.165, 1.54) is 4.90 Å². The number of carbonyl (C=O) groups excluding carboxylic acids is 1. The van der Waals surface area contributed by atoms with Gasteiger partial charge in [-0.3, -0.25) is 9.00 Å². The lowest BCUT2D eigenvalue weighted by Gasteiger charge is -2.10. The maximum absolute atomic E-state index is 11.9. The fourth-order valence-electron chi connectivity index (χ4n) is 1.78. The molecule has 0 aromatic heterocycles. The number of ether oxygens (including phenoxy) is 1. The molecule has 0 spiro atoms. The van der Waals surface area contributed by atoms with Crippen molar-refractivity contribution in [3.8, 4) is 11.5 Å². The van der Waals surface area contributed by atoms with Crippen molar-refractivity contribution in [2.24, 2.45) is 0 Å². The molecule has 22 heavy (non-hydrogen) atoms. The van der Waals surface area contributed by atoms with Gasteiger partial charge in [0.15, 0.2) is 0 Å². The zero-order chi connectivity index (χ0) is 15.9. The predicted octanol–water partition coefficient (Wildman–Crippen LogP) is 2.82. The standard InChI is InChI=1S/C17H19NO3S/c1-18(2)17(19)13-22(20)12-14-8-10-16(11-9-14)21-15-6-4-3-5-7-15/h3-11H,12-13H2,1-2H3/t22-/m1/s1. The van der Waals surface area contributed by atoms with Crippen LogP contribution in [-0.2, 0) is 21.3 Å². The van der Waals surface area contributed by atoms with Crippen LogP contribution in [0.3, 0.4) is 0 Å². The smallest absolute Gasteiger partial charge is 0.234 e. The number of hydrogen-bond donors (Lipinski definition) is 0. The highest BCUT2D eigenvalue weighted by Gasteiger charge is 2.10. The van der Waals surface area contributed by atoms with Gasteiger partial charge in [-0.05, 0) is 29.8 Å². The van der Waals surface area contributed by atoms with Gasteiger partial charge in [-0.15, -0.1) is 0 Å². The number of rotatable bonds is 6. The van der Waals surface area contributed by atoms with Crippen LogP contribution in [0, 0.1) is 0 Å². The van der Waals surface area contributed by atoms with Crippen molar-refractivity contribution in [3.05, 3.63) is 60.2 Å². The van der Waals surface area contributed by atoms with Gasteiger partial charge in [-0.2, -0.15) is 0 Å². The molecule has 1 amide bonds. The molecule has 0 bridgehead atoms. The number of nitrogens with zero attached hydrogens (tertiary/aromatic N) is 1. The van der Waals surface area contributed by atoms with E-state index in [0.29, 0.717) is 5.75 Å². The highest BCUT2D eigenvalue weighted by molar-refractivity contribution is 7.84. The lowest BCUT2D eigenvalue weighted by atomic mass is 10.2. The average molecular weight is 317 g/mol. The largest absolute Gasteiger partial charge is 0.457 e. The molecule has 0 unspecified atom stereocenters. The van der Waals surface area contributed by atoms with E-state index >= 15 is 0 Å². The third-order valence-corrected chi connectivity index (χ3v) is 4.24. The molecule has 0 aliphatic carbocycles. The number of benzene rings is 2. The van der Waals surface area contributed by atoms with Crippen molar-refractivity contribution >= 4 is 16.7 Å². The van der Waals surface area contributed by atoms with Crippen LogP contribution >= 0.6 is 0 Å². The van der Waals surface area contributed by atoms with Gasteiger partial charge >= 0.3 is 0 Å². The molecule has 0 saturated heterocycles. The van der Waals surface area contributed by atoms with Crippen molar-refractivity contribution in [3.63, 3.8) is 0 Å². The molecule has 0 aliphatic rings. The van der Waals surface area contributed by atoms with E-state index in [-0.39, 0.29) is 11.7 Å². The van der Waals surface area contributed by atoms with Gasteiger partial charge in [-0.25, -0.2) is 0 Å². The Kier molecular flexibility index (Phi) is 5.72. The predicted molar refractivity (Wildman–Crippen MR) is 88.4 cm³/mol. The first-order valence-corrected chi connectivity index (χ1v) is 8.40. The van der Waals surface area contributed by atoms with E-state index in [0.717, 1.165) is 17.1 Å². The first-order chi connectivity index (χ1) is 10.5. The summed E-state index contributed by atoms with van der Waals surface area (Å²) >= 11 is 0. The zero-order valence-corrected chi connectivity index (χ0v) is 13.5. The Morgan fingerprint density at radius 2 is 1.59 bits per heavy atom. The molecule has 4 nitrogen and oxygen atoms in total. The van der Waals surface area contributed by atoms with Crippen molar-refractivity contribution in [2.75, 3.05) is 19.8 Å². The minimum absolute atomic E-state index is 0.0509. The maximum atomic E-state index is 11.9. The zero-order valence-electron chi connectivity index (χ0n) is 12.7. The van der Waals surface area contributed by atoms with Crippen molar-refractivity contribution in [2.45, 2.75) is 5.75 Å². The monoisotopic (exact) mass is 317 g/mol. The highest BCUT2D eigenvalue weighted by Crippen LogP contribution is 2.21. The summed E-state index contributed by atoms with van der Waals surface area (Å²) in [6.07, 6.45) is 0. The van der Waals surface area contributed by atoms with Crippen LogP contribution < -0.4 is 4.74 Å². The van der Waals surface area contributed by atoms with Crippen LogP contribution in [0.15, 0.2) is 54.6 Å². The van der Waals surface area contributed by atoms with Gasteiger partial charge < -0.3 is 9.64 Å². The molecule has 116 valence electrons. The first kappa shape index (κ1) is 16.2. The molecule has 2 rings (SSSR count). The van der Waals surface area contributed by atoms with Gasteiger partial charge in [0, 0.05) is 30.6 Å². The number of carbonyl (C=O) groups is 1. The Labute approximate surface area is 133 Å². The molecule has 0 fully saturated rings. The summed E-state index contributed by atoms with van der Waals surface area (Å²) in [5.41, 5.74) is 0.922. The molecular weight excluding hydrogens is 298 g/mol. The van der Waals surface area contributed by atoms with Crippen LogP contribution in [-0.4, -0.2) is 34.9 Å². The topological polar surface area (TPSA) is 46.6 Å². The Morgan fingerprint density at radius 3 is 2.18 bits per heavy atom. The number of amides is 1. The maximum Gasteiger partial charge on any atom is 0.234 e. The van der Waals surface area contributed by atoms with E-state index in [4.69, 9.17) is 4.74 Å². The Morgan fingerprint density at radius 1 is 1.00 bits per heavy atom. The SMILES string of the molecule is CN(C)C(=O)C[S@](=O)Cc1ccc(Oc2ccccc2)cc1. The third kappa shape index (κ3) is 5.00. The minimum Gasteiger partial charge on any atom is -0.457 e. The first-order valence-electron chi connectivity index (χ1n) is 6.91. The Hall–Kier alpha value is -2.14. The number of para-hydroxylation sites is 1. The van der Waals surface area contributed by atoms with Crippen LogP contribution in [0.2, 0.25) is 0 Å². The van der Waals surface area contributed by atoms with E-state index in [9.17, 15) is 9.00 Å². The molecule has 0 aliphatic heterocycles. The van der Waals surface area contributed by atoms with Gasteiger partial charge in [0.1, 0.15) is 17.3 Å². The van der Waals surface area contributed by atoms with Gasteiger partial charge in [0.05, 0.1) is 0 Å².